The zero-order valence-corrected chi connectivity index (χ0v) is 15.8. The van der Waals surface area contributed by atoms with Gasteiger partial charge in [0.1, 0.15) is 18.2 Å². The number of carbonyl (C=O) groups excluding carboxylic acids is 1. The molecule has 0 fully saturated rings. The Morgan fingerprint density at radius 2 is 2.04 bits per heavy atom. The quantitative estimate of drug-likeness (QED) is 0.629. The second kappa shape index (κ2) is 8.68. The van der Waals surface area contributed by atoms with Gasteiger partial charge in [-0.2, -0.15) is 0 Å². The lowest BCUT2D eigenvalue weighted by atomic mass is 10.2. The van der Waals surface area contributed by atoms with Crippen LogP contribution in [-0.4, -0.2) is 26.4 Å². The molecule has 0 atom stereocenters. The van der Waals surface area contributed by atoms with Crippen LogP contribution in [0.5, 0.6) is 5.75 Å². The van der Waals surface area contributed by atoms with Crippen molar-refractivity contribution in [3.8, 4) is 5.75 Å². The lowest BCUT2D eigenvalue weighted by Gasteiger charge is -2.07. The Kier molecular flexibility index (Phi) is 6.08. The molecule has 3 aromatic rings. The number of para-hydroxylation sites is 1. The van der Waals surface area contributed by atoms with Gasteiger partial charge in [0, 0.05) is 7.05 Å². The smallest absolute Gasteiger partial charge is 0.234 e. The molecule has 1 aromatic heterocycles. The first-order valence-electron chi connectivity index (χ1n) is 8.28. The molecule has 3 rings (SSSR count). The Balaban J connectivity index is 1.54. The van der Waals surface area contributed by atoms with Crippen LogP contribution in [0.1, 0.15) is 11.4 Å². The third-order valence-electron chi connectivity index (χ3n) is 3.76. The fourth-order valence-electron chi connectivity index (χ4n) is 2.33. The van der Waals surface area contributed by atoms with Gasteiger partial charge in [-0.05, 0) is 36.8 Å². The Bertz CT molecular complexity index is 945. The van der Waals surface area contributed by atoms with Crippen molar-refractivity contribution in [2.45, 2.75) is 18.7 Å². The molecule has 1 amide bonds. The number of amides is 1. The van der Waals surface area contributed by atoms with E-state index in [-0.39, 0.29) is 24.0 Å². The largest absolute Gasteiger partial charge is 0.486 e. The highest BCUT2D eigenvalue weighted by Crippen LogP contribution is 2.19. The molecule has 8 heteroatoms. The van der Waals surface area contributed by atoms with Crippen LogP contribution >= 0.6 is 11.8 Å². The van der Waals surface area contributed by atoms with Crippen molar-refractivity contribution >= 4 is 23.4 Å². The molecule has 0 bridgehead atoms. The van der Waals surface area contributed by atoms with Crippen molar-refractivity contribution in [1.29, 1.82) is 0 Å². The molecule has 0 saturated heterocycles. The van der Waals surface area contributed by atoms with Crippen LogP contribution in [0, 0.1) is 12.7 Å². The predicted molar refractivity (Wildman–Crippen MR) is 102 cm³/mol. The third-order valence-corrected chi connectivity index (χ3v) is 4.78. The number of ether oxygens (including phenoxy) is 1. The van der Waals surface area contributed by atoms with Crippen molar-refractivity contribution in [2.75, 3.05) is 11.1 Å². The van der Waals surface area contributed by atoms with Crippen LogP contribution in [0.15, 0.2) is 53.7 Å². The second-order valence-corrected chi connectivity index (χ2v) is 6.82. The second-order valence-electron chi connectivity index (χ2n) is 5.88. The third kappa shape index (κ3) is 5.07. The molecule has 0 aliphatic carbocycles. The van der Waals surface area contributed by atoms with Crippen molar-refractivity contribution in [1.82, 2.24) is 14.8 Å². The topological polar surface area (TPSA) is 69.0 Å². The van der Waals surface area contributed by atoms with Crippen molar-refractivity contribution in [3.63, 3.8) is 0 Å². The molecule has 0 radical (unpaired) electrons. The molecular formula is C19H19FN4O2S. The number of thioether (sulfide) groups is 1. The highest BCUT2D eigenvalue weighted by Gasteiger charge is 2.13. The van der Waals surface area contributed by atoms with Gasteiger partial charge in [-0.25, -0.2) is 4.39 Å². The Morgan fingerprint density at radius 3 is 2.81 bits per heavy atom. The zero-order chi connectivity index (χ0) is 19.2. The van der Waals surface area contributed by atoms with Gasteiger partial charge in [0.25, 0.3) is 0 Å². The minimum atomic E-state index is -0.468. The number of nitrogens with one attached hydrogen (secondary N) is 1. The molecule has 0 spiro atoms. The number of carbonyl (C=O) groups is 1. The number of benzene rings is 2. The summed E-state index contributed by atoms with van der Waals surface area (Å²) in [6.45, 7) is 2.27. The van der Waals surface area contributed by atoms with E-state index in [1.54, 1.807) is 16.7 Å². The monoisotopic (exact) mass is 386 g/mol. The number of nitrogens with zero attached hydrogens (tertiary/aromatic N) is 3. The van der Waals surface area contributed by atoms with E-state index in [1.807, 2.05) is 38.2 Å². The van der Waals surface area contributed by atoms with Gasteiger partial charge in [-0.3, -0.25) is 4.79 Å². The molecule has 6 nitrogen and oxygen atoms in total. The van der Waals surface area contributed by atoms with Gasteiger partial charge in [-0.1, -0.05) is 36.0 Å². The van der Waals surface area contributed by atoms with E-state index in [4.69, 9.17) is 4.74 Å². The molecule has 140 valence electrons. The first kappa shape index (κ1) is 18.9. The average Bonchev–Trinajstić information content (AvgIpc) is 3.00. The maximum Gasteiger partial charge on any atom is 0.234 e. The van der Waals surface area contributed by atoms with Crippen LogP contribution in [0.2, 0.25) is 0 Å². The number of halogens is 1. The van der Waals surface area contributed by atoms with Crippen molar-refractivity contribution < 1.29 is 13.9 Å². The van der Waals surface area contributed by atoms with E-state index in [9.17, 15) is 9.18 Å². The molecule has 0 saturated carbocycles. The van der Waals surface area contributed by atoms with E-state index in [1.165, 1.54) is 23.9 Å². The maximum atomic E-state index is 13.6. The number of aromatic nitrogens is 3. The van der Waals surface area contributed by atoms with E-state index in [0.717, 1.165) is 11.3 Å². The van der Waals surface area contributed by atoms with Gasteiger partial charge >= 0.3 is 0 Å². The summed E-state index contributed by atoms with van der Waals surface area (Å²) in [7, 11) is 1.81. The van der Waals surface area contributed by atoms with E-state index >= 15 is 0 Å². The summed E-state index contributed by atoms with van der Waals surface area (Å²) < 4.78 is 21.1. The van der Waals surface area contributed by atoms with Crippen LogP contribution < -0.4 is 10.1 Å². The summed E-state index contributed by atoms with van der Waals surface area (Å²) in [4.78, 5) is 12.0. The number of aryl methyl sites for hydroxylation is 1. The summed E-state index contributed by atoms with van der Waals surface area (Å²) in [5, 5.41) is 11.3. The number of hydrogen-bond acceptors (Lipinski definition) is 5. The first-order chi connectivity index (χ1) is 13.0. The highest BCUT2D eigenvalue weighted by atomic mass is 32.2. The Hall–Kier alpha value is -2.87. The van der Waals surface area contributed by atoms with Crippen LogP contribution in [0.4, 0.5) is 10.1 Å². The van der Waals surface area contributed by atoms with Gasteiger partial charge in [-0.15, -0.1) is 10.2 Å². The fraction of sp³-hybridized carbons (Fsp3) is 0.211. The summed E-state index contributed by atoms with van der Waals surface area (Å²) in [5.74, 6) is 0.722. The van der Waals surface area contributed by atoms with Crippen molar-refractivity contribution in [2.24, 2.45) is 7.05 Å². The summed E-state index contributed by atoms with van der Waals surface area (Å²) >= 11 is 1.22. The van der Waals surface area contributed by atoms with Gasteiger partial charge in [0.15, 0.2) is 11.0 Å². The van der Waals surface area contributed by atoms with Gasteiger partial charge in [0.2, 0.25) is 5.91 Å². The molecular weight excluding hydrogens is 367 g/mol. The van der Waals surface area contributed by atoms with Crippen LogP contribution in [0.25, 0.3) is 0 Å². The Labute approximate surface area is 160 Å². The number of hydrogen-bond donors (Lipinski definition) is 1. The number of anilines is 1. The van der Waals surface area contributed by atoms with E-state index in [0.29, 0.717) is 11.0 Å². The lowest BCUT2D eigenvalue weighted by molar-refractivity contribution is -0.113. The average molecular weight is 386 g/mol. The maximum absolute atomic E-state index is 13.6. The SMILES string of the molecule is Cc1cccc(OCc2nnc(SCC(=O)Nc3ccccc3F)n2C)c1. The summed E-state index contributed by atoms with van der Waals surface area (Å²) in [6, 6.07) is 13.8. The normalized spacial score (nSPS) is 10.6. The zero-order valence-electron chi connectivity index (χ0n) is 15.0. The lowest BCUT2D eigenvalue weighted by Crippen LogP contribution is -2.15. The van der Waals surface area contributed by atoms with Gasteiger partial charge in [0.05, 0.1) is 11.4 Å². The standard InChI is InChI=1S/C19H19FN4O2S/c1-13-6-5-7-14(10-13)26-11-17-22-23-19(24(17)2)27-12-18(25)21-16-9-4-3-8-15(16)20/h3-10H,11-12H2,1-2H3,(H,21,25). The minimum Gasteiger partial charge on any atom is -0.486 e. The number of rotatable bonds is 7. The van der Waals surface area contributed by atoms with E-state index in [2.05, 4.69) is 15.5 Å². The minimum absolute atomic E-state index is 0.0963. The molecule has 1 heterocycles. The highest BCUT2D eigenvalue weighted by molar-refractivity contribution is 7.99. The summed E-state index contributed by atoms with van der Waals surface area (Å²) in [6.07, 6.45) is 0. The molecule has 0 unspecified atom stereocenters. The van der Waals surface area contributed by atoms with Gasteiger partial charge < -0.3 is 14.6 Å². The molecule has 1 N–H and O–H groups in total. The summed E-state index contributed by atoms with van der Waals surface area (Å²) in [5.41, 5.74) is 1.27. The first-order valence-corrected chi connectivity index (χ1v) is 9.26. The molecule has 2 aromatic carbocycles. The van der Waals surface area contributed by atoms with Crippen LogP contribution in [0.3, 0.4) is 0 Å². The molecule has 0 aliphatic rings. The van der Waals surface area contributed by atoms with E-state index < -0.39 is 5.82 Å². The predicted octanol–water partition coefficient (Wildman–Crippen LogP) is 3.57. The molecule has 27 heavy (non-hydrogen) atoms. The van der Waals surface area contributed by atoms with Crippen molar-refractivity contribution in [3.05, 3.63) is 65.7 Å². The van der Waals surface area contributed by atoms with Crippen LogP contribution in [-0.2, 0) is 18.4 Å². The Morgan fingerprint density at radius 1 is 1.22 bits per heavy atom. The molecule has 0 aliphatic heterocycles. The fourth-order valence-corrected chi connectivity index (χ4v) is 3.06.